The molecule has 0 atom stereocenters. The Hall–Kier alpha value is -1.50. The number of alkyl halides is 2. The SMILES string of the molecule is O=C(COc1cccc(Cl)c1Cl)Nc1ccc(SC(F)F)cc1. The van der Waals surface area contributed by atoms with Gasteiger partial charge in [0.15, 0.2) is 6.61 Å². The summed E-state index contributed by atoms with van der Waals surface area (Å²) in [5.74, 6) is -2.58. The van der Waals surface area contributed by atoms with Gasteiger partial charge in [0.05, 0.1) is 5.02 Å². The number of ether oxygens (including phenoxy) is 1. The predicted octanol–water partition coefficient (Wildman–Crippen LogP) is 5.33. The summed E-state index contributed by atoms with van der Waals surface area (Å²) in [6, 6.07) is 10.9. The Morgan fingerprint density at radius 3 is 2.52 bits per heavy atom. The van der Waals surface area contributed by atoms with Gasteiger partial charge in [-0.15, -0.1) is 0 Å². The third-order valence-electron chi connectivity index (χ3n) is 2.64. The summed E-state index contributed by atoms with van der Waals surface area (Å²) < 4.78 is 29.7. The zero-order valence-corrected chi connectivity index (χ0v) is 13.9. The number of rotatable bonds is 6. The van der Waals surface area contributed by atoms with Crippen LogP contribution in [0.4, 0.5) is 14.5 Å². The highest BCUT2D eigenvalue weighted by atomic mass is 35.5. The predicted molar refractivity (Wildman–Crippen MR) is 88.9 cm³/mol. The van der Waals surface area contributed by atoms with Crippen molar-refractivity contribution in [3.05, 3.63) is 52.5 Å². The van der Waals surface area contributed by atoms with Crippen LogP contribution in [0.1, 0.15) is 0 Å². The van der Waals surface area contributed by atoms with Crippen molar-refractivity contribution in [3.8, 4) is 5.75 Å². The zero-order chi connectivity index (χ0) is 16.8. The number of thioether (sulfide) groups is 1. The fourth-order valence-electron chi connectivity index (χ4n) is 1.66. The van der Waals surface area contributed by atoms with Crippen LogP contribution in [0.15, 0.2) is 47.4 Å². The van der Waals surface area contributed by atoms with E-state index in [2.05, 4.69) is 5.32 Å². The Morgan fingerprint density at radius 1 is 1.17 bits per heavy atom. The first-order valence-electron chi connectivity index (χ1n) is 6.37. The molecular weight excluding hydrogens is 367 g/mol. The number of halogens is 4. The van der Waals surface area contributed by atoms with Crippen LogP contribution < -0.4 is 10.1 Å². The Balaban J connectivity index is 1.88. The minimum absolute atomic E-state index is 0.232. The molecule has 0 aliphatic heterocycles. The lowest BCUT2D eigenvalue weighted by Crippen LogP contribution is -2.20. The summed E-state index contributed by atoms with van der Waals surface area (Å²) in [5, 5.41) is 3.15. The first-order valence-corrected chi connectivity index (χ1v) is 8.01. The lowest BCUT2D eigenvalue weighted by atomic mass is 10.3. The molecule has 0 saturated carbocycles. The molecule has 0 saturated heterocycles. The number of hydrogen-bond donors (Lipinski definition) is 1. The molecule has 0 spiro atoms. The topological polar surface area (TPSA) is 38.3 Å². The number of carbonyl (C=O) groups is 1. The normalized spacial score (nSPS) is 10.7. The fourth-order valence-corrected chi connectivity index (χ4v) is 2.50. The molecule has 0 aliphatic carbocycles. The van der Waals surface area contributed by atoms with Gasteiger partial charge in [-0.05, 0) is 36.4 Å². The van der Waals surface area contributed by atoms with Gasteiger partial charge >= 0.3 is 0 Å². The van der Waals surface area contributed by atoms with Gasteiger partial charge in [-0.1, -0.05) is 41.0 Å². The molecule has 0 aliphatic rings. The van der Waals surface area contributed by atoms with E-state index in [1.807, 2.05) is 0 Å². The molecule has 3 nitrogen and oxygen atoms in total. The van der Waals surface area contributed by atoms with Crippen LogP contribution in [-0.4, -0.2) is 18.3 Å². The number of carbonyl (C=O) groups excluding carboxylic acids is 1. The van der Waals surface area contributed by atoms with E-state index in [9.17, 15) is 13.6 Å². The quantitative estimate of drug-likeness (QED) is 0.691. The highest BCUT2D eigenvalue weighted by Crippen LogP contribution is 2.31. The zero-order valence-electron chi connectivity index (χ0n) is 11.6. The van der Waals surface area contributed by atoms with E-state index in [0.29, 0.717) is 33.1 Å². The molecular formula is C15H11Cl2F2NO2S. The van der Waals surface area contributed by atoms with Crippen LogP contribution in [0.25, 0.3) is 0 Å². The fraction of sp³-hybridized carbons (Fsp3) is 0.133. The summed E-state index contributed by atoms with van der Waals surface area (Å²) in [6.07, 6.45) is 0. The number of nitrogens with one attached hydrogen (secondary N) is 1. The molecule has 0 fully saturated rings. The largest absolute Gasteiger partial charge is 0.482 e. The van der Waals surface area contributed by atoms with Gasteiger partial charge in [0.2, 0.25) is 0 Å². The smallest absolute Gasteiger partial charge is 0.288 e. The molecule has 2 aromatic rings. The van der Waals surface area contributed by atoms with Crippen LogP contribution in [0, 0.1) is 0 Å². The number of hydrogen-bond acceptors (Lipinski definition) is 3. The maximum atomic E-state index is 12.2. The molecule has 0 radical (unpaired) electrons. The number of benzene rings is 2. The molecule has 2 rings (SSSR count). The Bertz CT molecular complexity index is 684. The van der Waals surface area contributed by atoms with Crippen LogP contribution >= 0.6 is 35.0 Å². The lowest BCUT2D eigenvalue weighted by Gasteiger charge is -2.09. The minimum atomic E-state index is -2.48. The third-order valence-corrected chi connectivity index (χ3v) is 4.16. The van der Waals surface area contributed by atoms with Crippen molar-refractivity contribution in [2.45, 2.75) is 10.7 Å². The van der Waals surface area contributed by atoms with Gasteiger partial charge in [0, 0.05) is 10.6 Å². The average Bonchev–Trinajstić information content (AvgIpc) is 2.50. The Labute approximate surface area is 145 Å². The molecule has 0 unspecified atom stereocenters. The van der Waals surface area contributed by atoms with E-state index < -0.39 is 11.7 Å². The molecule has 0 heterocycles. The molecule has 2 aromatic carbocycles. The highest BCUT2D eigenvalue weighted by molar-refractivity contribution is 7.99. The van der Waals surface area contributed by atoms with Gasteiger partial charge in [-0.2, -0.15) is 8.78 Å². The van der Waals surface area contributed by atoms with Crippen molar-refractivity contribution < 1.29 is 18.3 Å². The van der Waals surface area contributed by atoms with Crippen molar-refractivity contribution in [1.29, 1.82) is 0 Å². The van der Waals surface area contributed by atoms with Gasteiger partial charge in [-0.3, -0.25) is 4.79 Å². The summed E-state index contributed by atoms with van der Waals surface area (Å²) in [4.78, 5) is 12.2. The second-order valence-corrected chi connectivity index (χ2v) is 6.14. The van der Waals surface area contributed by atoms with Crippen LogP contribution in [0.2, 0.25) is 10.0 Å². The van der Waals surface area contributed by atoms with E-state index in [0.717, 1.165) is 0 Å². The third kappa shape index (κ3) is 5.57. The van der Waals surface area contributed by atoms with Gasteiger partial charge in [-0.25, -0.2) is 0 Å². The lowest BCUT2D eigenvalue weighted by molar-refractivity contribution is -0.118. The van der Waals surface area contributed by atoms with Crippen molar-refractivity contribution in [3.63, 3.8) is 0 Å². The molecule has 122 valence electrons. The second kappa shape index (κ2) is 8.38. The van der Waals surface area contributed by atoms with Crippen molar-refractivity contribution >= 4 is 46.6 Å². The number of amides is 1. The Morgan fingerprint density at radius 2 is 1.87 bits per heavy atom. The van der Waals surface area contributed by atoms with E-state index >= 15 is 0 Å². The van der Waals surface area contributed by atoms with Crippen molar-refractivity contribution in [2.75, 3.05) is 11.9 Å². The molecule has 1 amide bonds. The Kier molecular flexibility index (Phi) is 6.50. The summed E-state index contributed by atoms with van der Waals surface area (Å²) in [6.45, 7) is -0.256. The van der Waals surface area contributed by atoms with Gasteiger partial charge in [0.25, 0.3) is 11.7 Å². The van der Waals surface area contributed by atoms with E-state index in [4.69, 9.17) is 27.9 Å². The molecule has 0 bridgehead atoms. The van der Waals surface area contributed by atoms with Gasteiger partial charge in [0.1, 0.15) is 10.8 Å². The number of anilines is 1. The maximum Gasteiger partial charge on any atom is 0.288 e. The van der Waals surface area contributed by atoms with Crippen molar-refractivity contribution in [2.24, 2.45) is 0 Å². The summed E-state index contributed by atoms with van der Waals surface area (Å²) >= 11 is 12.2. The van der Waals surface area contributed by atoms with E-state index in [-0.39, 0.29) is 11.6 Å². The minimum Gasteiger partial charge on any atom is -0.482 e. The van der Waals surface area contributed by atoms with Crippen LogP contribution in [0.5, 0.6) is 5.75 Å². The first kappa shape index (κ1) is 17.8. The van der Waals surface area contributed by atoms with Gasteiger partial charge < -0.3 is 10.1 Å². The van der Waals surface area contributed by atoms with E-state index in [1.54, 1.807) is 18.2 Å². The second-order valence-electron chi connectivity index (χ2n) is 4.29. The molecule has 8 heteroatoms. The summed E-state index contributed by atoms with van der Waals surface area (Å²) in [5.41, 5.74) is 0.481. The molecule has 1 N–H and O–H groups in total. The molecule has 0 aromatic heterocycles. The van der Waals surface area contributed by atoms with Crippen LogP contribution in [-0.2, 0) is 4.79 Å². The van der Waals surface area contributed by atoms with Crippen molar-refractivity contribution in [1.82, 2.24) is 0 Å². The molecule has 23 heavy (non-hydrogen) atoms. The standard InChI is InChI=1S/C15H11Cl2F2NO2S/c16-11-2-1-3-12(14(11)17)22-8-13(21)20-9-4-6-10(7-5-9)23-15(18)19/h1-7,15H,8H2,(H,20,21). The van der Waals surface area contributed by atoms with E-state index in [1.165, 1.54) is 24.3 Å². The summed E-state index contributed by atoms with van der Waals surface area (Å²) in [7, 11) is 0. The average molecular weight is 378 g/mol. The van der Waals surface area contributed by atoms with Crippen LogP contribution in [0.3, 0.4) is 0 Å². The maximum absolute atomic E-state index is 12.2. The first-order chi connectivity index (χ1) is 11.0. The highest BCUT2D eigenvalue weighted by Gasteiger charge is 2.09. The monoisotopic (exact) mass is 377 g/mol.